The number of hydrogen-bond acceptors (Lipinski definition) is 18. The van der Waals surface area contributed by atoms with E-state index in [1.54, 1.807) is 18.5 Å². The highest BCUT2D eigenvalue weighted by atomic mass is 28.4. The molecular weight excluding hydrogens is 1130 g/mol. The molecule has 3 aliphatic heterocycles. The van der Waals surface area contributed by atoms with Crippen molar-refractivity contribution >= 4 is 76.9 Å². The zero-order valence-corrected chi connectivity index (χ0v) is 50.8. The summed E-state index contributed by atoms with van der Waals surface area (Å²) in [6.07, 6.45) is 11.0. The molecule has 460 valence electrons. The van der Waals surface area contributed by atoms with Gasteiger partial charge < -0.3 is 49.7 Å². The van der Waals surface area contributed by atoms with Crippen molar-refractivity contribution in [1.82, 2.24) is 39.5 Å². The van der Waals surface area contributed by atoms with Gasteiger partial charge >= 0.3 is 5.91 Å². The minimum atomic E-state index is -1.88. The molecule has 25 heteroatoms. The number of carbonyl (C=O) groups excluding carboxylic acids is 2. The van der Waals surface area contributed by atoms with E-state index < -0.39 is 49.1 Å². The lowest BCUT2D eigenvalue weighted by Crippen LogP contribution is -2.52. The van der Waals surface area contributed by atoms with E-state index in [9.17, 15) is 18.7 Å². The van der Waals surface area contributed by atoms with Crippen LogP contribution >= 0.6 is 0 Å². The van der Waals surface area contributed by atoms with Gasteiger partial charge in [0.1, 0.15) is 59.3 Å². The quantitative estimate of drug-likeness (QED) is 0.0167. The Morgan fingerprint density at radius 1 is 0.747 bits per heavy atom. The van der Waals surface area contributed by atoms with E-state index in [0.717, 1.165) is 58.5 Å². The highest BCUT2D eigenvalue weighted by molar-refractivity contribution is 6.74. The lowest BCUT2D eigenvalue weighted by molar-refractivity contribution is -0.907. The van der Waals surface area contributed by atoms with Crippen molar-refractivity contribution in [3.8, 4) is 11.5 Å². The minimum absolute atomic E-state index is 0.0681. The van der Waals surface area contributed by atoms with Crippen molar-refractivity contribution in [3.05, 3.63) is 134 Å². The van der Waals surface area contributed by atoms with Crippen LogP contribution < -0.4 is 30.7 Å². The molecule has 0 aliphatic carbocycles. The fourth-order valence-electron chi connectivity index (χ4n) is 10.7. The first-order valence-corrected chi connectivity index (χ1v) is 32.4. The van der Waals surface area contributed by atoms with Gasteiger partial charge in [0, 0.05) is 92.4 Å². The molecule has 0 bridgehead atoms. The molecule has 7 aromatic rings. The number of benzene rings is 4. The number of nitrogens with one attached hydrogen (secondary N) is 4. The predicted molar refractivity (Wildman–Crippen MR) is 331 cm³/mol. The molecule has 4 aromatic carbocycles. The smallest absolute Gasteiger partial charge is 0.309 e. The van der Waals surface area contributed by atoms with Crippen molar-refractivity contribution in [3.63, 3.8) is 0 Å². The largest absolute Gasteiger partial charge is 0.493 e. The third-order valence-electron chi connectivity index (χ3n) is 16.2. The summed E-state index contributed by atoms with van der Waals surface area (Å²) in [5, 5.41) is 32.9. The maximum absolute atomic E-state index is 15.0. The molecule has 0 saturated carbocycles. The van der Waals surface area contributed by atoms with Crippen LogP contribution in [-0.2, 0) is 23.5 Å². The van der Waals surface area contributed by atoms with Crippen molar-refractivity contribution in [2.75, 3.05) is 107 Å². The van der Waals surface area contributed by atoms with Gasteiger partial charge in [-0.05, 0) is 104 Å². The number of rotatable bonds is 29. The van der Waals surface area contributed by atoms with E-state index in [2.05, 4.69) is 90.0 Å². The molecule has 3 aromatic heterocycles. The molecule has 5 N–H and O–H groups in total. The van der Waals surface area contributed by atoms with Gasteiger partial charge in [0.05, 0.1) is 62.1 Å². The van der Waals surface area contributed by atoms with Crippen molar-refractivity contribution < 1.29 is 51.4 Å². The number of quaternary nitrogens is 1. The van der Waals surface area contributed by atoms with Crippen LogP contribution in [0.4, 0.5) is 37.5 Å². The Morgan fingerprint density at radius 3 is 1.90 bits per heavy atom. The number of carbonyl (C=O) groups is 2. The number of ether oxygens (including phenoxy) is 4. The first-order chi connectivity index (χ1) is 42.0. The molecule has 3 aliphatic rings. The summed E-state index contributed by atoms with van der Waals surface area (Å²) in [7, 11) is -1.88. The van der Waals surface area contributed by atoms with Gasteiger partial charge in [0.2, 0.25) is 0 Å². The van der Waals surface area contributed by atoms with Crippen LogP contribution in [0.25, 0.3) is 21.8 Å². The van der Waals surface area contributed by atoms with E-state index in [0.29, 0.717) is 102 Å². The number of nitrogens with zero attached hydrogens (tertiary/aromatic N) is 10. The van der Waals surface area contributed by atoms with Crippen molar-refractivity contribution in [2.24, 2.45) is 5.10 Å². The van der Waals surface area contributed by atoms with E-state index in [4.69, 9.17) is 28.5 Å². The average Bonchev–Trinajstić information content (AvgIpc) is 1.92. The van der Waals surface area contributed by atoms with Gasteiger partial charge in [-0.2, -0.15) is 5.10 Å². The maximum atomic E-state index is 15.0. The predicted octanol–water partition coefficient (Wildman–Crippen LogP) is 9.07. The average molecular weight is 1210 g/mol. The molecule has 2 amide bonds. The standard InChI is InChI=1S/C62H76F2N14O8Si/c1-62(2,3)87(4,5)86-29-23-76(50-19-28-83-40-50)21-9-26-85-51-14-16-53-55(32-51)65-41-67-58(53)72-47-34-69-77(36-47)61(60(81)74-46-13-7-11-44(64)31-46)78(38-57(80)71-45-12-6-10-43(63)30-45)37-48(35-70-78)73-59-54-17-15-52(33-56(54)66-42-68-59)84-25-8-20-75(22-24-79)49-18-27-82-39-49/h6-7,10-17,30-37,41-42,49-50,61,79H,8-9,18-29,38-40H2,1-5H3,(H3-,65,66,67,68,71,72,73,74,80,81)/p+1. The van der Waals surface area contributed by atoms with Crippen LogP contribution in [0.1, 0.15) is 52.6 Å². The lowest BCUT2D eigenvalue weighted by atomic mass is 10.2. The Hall–Kier alpha value is -7.88. The zero-order valence-electron chi connectivity index (χ0n) is 49.8. The van der Waals surface area contributed by atoms with Gasteiger partial charge in [0.15, 0.2) is 21.1 Å². The van der Waals surface area contributed by atoms with Crippen LogP contribution in [0.2, 0.25) is 18.1 Å². The highest BCUT2D eigenvalue weighted by Gasteiger charge is 2.49. The number of halogens is 2. The molecule has 2 saturated heterocycles. The number of anilines is 5. The Kier molecular flexibility index (Phi) is 20.2. The van der Waals surface area contributed by atoms with Crippen LogP contribution in [0.3, 0.4) is 0 Å². The molecule has 0 spiro atoms. The molecule has 4 unspecified atom stereocenters. The third-order valence-corrected chi connectivity index (χ3v) is 20.8. The molecule has 10 rings (SSSR count). The second-order valence-corrected chi connectivity index (χ2v) is 28.2. The number of amides is 2. The van der Waals surface area contributed by atoms with Crippen molar-refractivity contribution in [1.29, 1.82) is 0 Å². The van der Waals surface area contributed by atoms with Gasteiger partial charge in [0.25, 0.3) is 12.1 Å². The summed E-state index contributed by atoms with van der Waals surface area (Å²) >= 11 is 0. The summed E-state index contributed by atoms with van der Waals surface area (Å²) in [5.41, 5.74) is 2.29. The molecule has 87 heavy (non-hydrogen) atoms. The molecule has 22 nitrogen and oxygen atoms in total. The van der Waals surface area contributed by atoms with E-state index in [-0.39, 0.29) is 29.1 Å². The summed E-state index contributed by atoms with van der Waals surface area (Å²) in [4.78, 5) is 52.2. The number of allylic oxidation sites excluding steroid dienone is 1. The molecular formula is C62H77F2N14O8Si+. The minimum Gasteiger partial charge on any atom is -0.493 e. The first kappa shape index (κ1) is 62.2. The van der Waals surface area contributed by atoms with E-state index >= 15 is 4.79 Å². The Balaban J connectivity index is 0.876. The topological polar surface area (TPSA) is 237 Å². The zero-order chi connectivity index (χ0) is 61.0. The monoisotopic (exact) mass is 1210 g/mol. The van der Waals surface area contributed by atoms with E-state index in [1.807, 2.05) is 36.4 Å². The number of aromatic nitrogens is 6. The number of aliphatic hydroxyl groups excluding tert-OH is 1. The summed E-state index contributed by atoms with van der Waals surface area (Å²) in [6.45, 7) is 18.3. The van der Waals surface area contributed by atoms with E-state index in [1.165, 1.54) is 72.2 Å². The van der Waals surface area contributed by atoms with Crippen LogP contribution in [-0.4, -0.2) is 173 Å². The first-order valence-electron chi connectivity index (χ1n) is 29.5. The Bertz CT molecular complexity index is 3560. The number of hydrogen-bond donors (Lipinski definition) is 5. The van der Waals surface area contributed by atoms with Crippen LogP contribution in [0, 0.1) is 11.6 Å². The highest BCUT2D eigenvalue weighted by Crippen LogP contribution is 2.38. The number of aliphatic hydroxyl groups is 1. The summed E-state index contributed by atoms with van der Waals surface area (Å²) < 4.78 is 60.1. The fraction of sp³-hybridized carbons (Fsp3) is 0.419. The summed E-state index contributed by atoms with van der Waals surface area (Å²) in [6, 6.07) is 22.6. The molecule has 0 radical (unpaired) electrons. The van der Waals surface area contributed by atoms with Gasteiger partial charge in [-0.3, -0.25) is 19.4 Å². The summed E-state index contributed by atoms with van der Waals surface area (Å²) in [5.74, 6) is -0.395. The Morgan fingerprint density at radius 2 is 1.33 bits per heavy atom. The second-order valence-electron chi connectivity index (χ2n) is 23.4. The third kappa shape index (κ3) is 16.0. The van der Waals surface area contributed by atoms with Crippen LogP contribution in [0.15, 0.2) is 127 Å². The molecule has 4 atom stereocenters. The molecule has 2 fully saturated rings. The maximum Gasteiger partial charge on any atom is 0.309 e. The Labute approximate surface area is 505 Å². The molecule has 6 heterocycles. The van der Waals surface area contributed by atoms with Gasteiger partial charge in [-0.1, -0.05) is 38.0 Å². The number of fused-ring (bicyclic) bond motifs is 2. The lowest BCUT2D eigenvalue weighted by Gasteiger charge is -2.37. The SMILES string of the molecule is CC(C)(C)[Si](C)(C)OCCN(CCCOc1ccc2c(Nc3cnn(C(C(=O)Nc4cccc(F)c4)[N+]4(CC(=O)Nc5cccc(F)c5)C=C(Nc5ncnc6cc(OCCCN(CCO)C7CCOC7)ccc56)C=N4)c3)ncnc2c1)C1CCOC1. The normalized spacial score (nSPS) is 18.2. The fourth-order valence-corrected chi connectivity index (χ4v) is 11.7. The van der Waals surface area contributed by atoms with Crippen molar-refractivity contribution in [2.45, 2.75) is 82.8 Å². The van der Waals surface area contributed by atoms with Gasteiger partial charge in [-0.15, -0.1) is 4.59 Å². The van der Waals surface area contributed by atoms with Crippen LogP contribution in [0.5, 0.6) is 11.5 Å². The van der Waals surface area contributed by atoms with Gasteiger partial charge in [-0.25, -0.2) is 33.4 Å². The second kappa shape index (κ2) is 28.3.